The average molecular weight is 995 g/mol. The van der Waals surface area contributed by atoms with E-state index in [1.807, 2.05) is 79.4 Å². The number of furan rings is 1. The number of rotatable bonds is 27. The molecule has 0 spiro atoms. The molecule has 1 fully saturated rings. The predicted octanol–water partition coefficient (Wildman–Crippen LogP) is 8.08. The number of piperidine rings is 1. The molecule has 17 heteroatoms. The van der Waals surface area contributed by atoms with Crippen LogP contribution in [-0.4, -0.2) is 133 Å². The zero-order valence-corrected chi connectivity index (χ0v) is 41.2. The van der Waals surface area contributed by atoms with Crippen LogP contribution in [0.5, 0.6) is 11.5 Å². The number of likely N-dealkylation sites (tertiary alicyclic amines) is 1. The number of carboxylic acids is 2. The first-order chi connectivity index (χ1) is 34.3. The van der Waals surface area contributed by atoms with Crippen molar-refractivity contribution in [1.29, 1.82) is 0 Å². The zero-order chi connectivity index (χ0) is 50.3. The molecule has 0 radical (unpaired) electrons. The molecule has 5 aromatic carbocycles. The molecule has 378 valence electrons. The summed E-state index contributed by atoms with van der Waals surface area (Å²) in [4.78, 5) is 37.5. The number of carboxylic acid groups (broad SMARTS) is 2. The van der Waals surface area contributed by atoms with E-state index in [2.05, 4.69) is 12.2 Å². The molecular weight excluding hydrogens is 933 g/mol. The number of carbonyl (C=O) groups excluding carboxylic acids is 1. The summed E-state index contributed by atoms with van der Waals surface area (Å²) in [5.41, 5.74) is 5.98. The first-order valence-corrected chi connectivity index (χ1v) is 25.5. The van der Waals surface area contributed by atoms with Gasteiger partial charge in [0.05, 0.1) is 63.3 Å². The van der Waals surface area contributed by atoms with E-state index in [1.165, 1.54) is 29.8 Å². The fourth-order valence-corrected chi connectivity index (χ4v) is 10.3. The second-order valence-electron chi connectivity index (χ2n) is 17.2. The number of para-hydroxylation sites is 1. The average Bonchev–Trinajstić information content (AvgIpc) is 3.71. The number of benzene rings is 5. The summed E-state index contributed by atoms with van der Waals surface area (Å²) in [6, 6.07) is 26.8. The minimum atomic E-state index is -3.62. The van der Waals surface area contributed by atoms with Gasteiger partial charge in [-0.2, -0.15) is 0 Å². The van der Waals surface area contributed by atoms with E-state index in [0.29, 0.717) is 102 Å². The summed E-state index contributed by atoms with van der Waals surface area (Å²) in [5, 5.41) is 23.8. The number of aromatic carboxylic acids is 1. The lowest BCUT2D eigenvalue weighted by Gasteiger charge is -2.31. The topological polar surface area (TPSA) is 210 Å². The van der Waals surface area contributed by atoms with Crippen LogP contribution in [-0.2, 0) is 40.0 Å². The standard InChI is InChI=1S/C54H62N2O14S/c1-4-43-45(52-37(3)44-7-5-6-8-47(44)70-52)33-46(54(60)61)51-48(18-9-36(2)50(43)51)69-32-30-67-28-26-65-24-23-64-25-27-66-29-31-68-41-14-10-38(11-15-41)39-19-21-56(22-20-39)35-71(62,63)42-16-12-40(13-17-42)53(59)55-34-49(57)58/h5-18,33,39H,4,19-32,34-35H2,1-3H3,(H,55,59)(H,57,58)(H,60,61). The molecule has 0 bridgehead atoms. The highest BCUT2D eigenvalue weighted by molar-refractivity contribution is 7.91. The molecule has 6 aromatic rings. The Balaban J connectivity index is 0.723. The van der Waals surface area contributed by atoms with Crippen molar-refractivity contribution in [3.8, 4) is 22.8 Å². The number of carbonyl (C=O) groups is 3. The Morgan fingerprint density at radius 3 is 1.93 bits per heavy atom. The number of aliphatic carboxylic acids is 1. The van der Waals surface area contributed by atoms with E-state index < -0.39 is 34.2 Å². The van der Waals surface area contributed by atoms with Crippen LogP contribution in [0.15, 0.2) is 100 Å². The SMILES string of the molecule is CCc1c(-c2oc3ccccc3c2C)cc(C(=O)O)c2c(OCCOCCOCCOCCOCCOc3ccc(C4CCN(CS(=O)(=O)c5ccc(C(=O)NCC(=O)O)cc5)CC4)cc3)ccc(C)c12. The van der Waals surface area contributed by atoms with Crippen LogP contribution in [0.2, 0.25) is 0 Å². The van der Waals surface area contributed by atoms with Crippen LogP contribution in [0.4, 0.5) is 0 Å². The van der Waals surface area contributed by atoms with Gasteiger partial charge in [0.15, 0.2) is 9.84 Å². The maximum atomic E-state index is 13.1. The summed E-state index contributed by atoms with van der Waals surface area (Å²) in [6.07, 6.45) is 2.30. The molecule has 16 nitrogen and oxygen atoms in total. The lowest BCUT2D eigenvalue weighted by molar-refractivity contribution is -0.135. The van der Waals surface area contributed by atoms with Crippen LogP contribution in [0.25, 0.3) is 33.1 Å². The largest absolute Gasteiger partial charge is 0.491 e. The number of nitrogens with one attached hydrogen (secondary N) is 1. The third kappa shape index (κ3) is 13.8. The molecule has 1 aliphatic rings. The van der Waals surface area contributed by atoms with Crippen LogP contribution in [0.3, 0.4) is 0 Å². The lowest BCUT2D eigenvalue weighted by Crippen LogP contribution is -2.36. The van der Waals surface area contributed by atoms with Crippen LogP contribution < -0.4 is 14.8 Å². The van der Waals surface area contributed by atoms with Gasteiger partial charge in [-0.1, -0.05) is 43.3 Å². The number of sulfone groups is 1. The van der Waals surface area contributed by atoms with Gasteiger partial charge in [-0.3, -0.25) is 14.5 Å². The van der Waals surface area contributed by atoms with Crippen molar-refractivity contribution in [3.63, 3.8) is 0 Å². The summed E-state index contributed by atoms with van der Waals surface area (Å²) >= 11 is 0. The summed E-state index contributed by atoms with van der Waals surface area (Å²) in [5.74, 6) is -0.719. The van der Waals surface area contributed by atoms with E-state index in [1.54, 1.807) is 6.07 Å². The minimum absolute atomic E-state index is 0.108. The van der Waals surface area contributed by atoms with Gasteiger partial charge in [0.1, 0.15) is 48.5 Å². The highest BCUT2D eigenvalue weighted by atomic mass is 32.2. The third-order valence-corrected chi connectivity index (χ3v) is 14.2. The van der Waals surface area contributed by atoms with Crippen molar-refractivity contribution < 1.29 is 65.9 Å². The molecule has 0 atom stereocenters. The molecule has 0 saturated carbocycles. The third-order valence-electron chi connectivity index (χ3n) is 12.5. The quantitative estimate of drug-likeness (QED) is 0.0417. The van der Waals surface area contributed by atoms with Crippen LogP contribution >= 0.6 is 0 Å². The number of hydrogen-bond acceptors (Lipinski definition) is 13. The van der Waals surface area contributed by atoms with E-state index >= 15 is 0 Å². The van der Waals surface area contributed by atoms with Gasteiger partial charge in [-0.05, 0) is 129 Å². The van der Waals surface area contributed by atoms with E-state index in [-0.39, 0.29) is 28.5 Å². The second-order valence-corrected chi connectivity index (χ2v) is 19.2. The predicted molar refractivity (Wildman–Crippen MR) is 268 cm³/mol. The molecule has 1 aromatic heterocycles. The second kappa shape index (κ2) is 25.2. The molecule has 1 aliphatic heterocycles. The van der Waals surface area contributed by atoms with Crippen molar-refractivity contribution in [3.05, 3.63) is 124 Å². The fourth-order valence-electron chi connectivity index (χ4n) is 8.88. The Morgan fingerprint density at radius 1 is 0.732 bits per heavy atom. The molecule has 2 heterocycles. The number of hydrogen-bond donors (Lipinski definition) is 3. The Labute approximate surface area is 413 Å². The molecular formula is C54H62N2O14S. The van der Waals surface area contributed by atoms with Gasteiger partial charge < -0.3 is 48.4 Å². The number of amides is 1. The number of fused-ring (bicyclic) bond motifs is 2. The number of aryl methyl sites for hydroxylation is 3. The zero-order valence-electron chi connectivity index (χ0n) is 40.4. The Bertz CT molecular complexity index is 2870. The Kier molecular flexibility index (Phi) is 18.6. The van der Waals surface area contributed by atoms with Crippen LogP contribution in [0, 0.1) is 13.8 Å². The normalized spacial score (nSPS) is 13.5. The van der Waals surface area contributed by atoms with Gasteiger partial charge in [0, 0.05) is 27.5 Å². The summed E-state index contributed by atoms with van der Waals surface area (Å²) in [7, 11) is -3.62. The highest BCUT2D eigenvalue weighted by Crippen LogP contribution is 2.43. The van der Waals surface area contributed by atoms with Crippen molar-refractivity contribution in [2.24, 2.45) is 0 Å². The van der Waals surface area contributed by atoms with Gasteiger partial charge in [-0.25, -0.2) is 13.2 Å². The number of nitrogens with zero attached hydrogens (tertiary/aromatic N) is 1. The fraction of sp³-hybridized carbons (Fsp3) is 0.389. The van der Waals surface area contributed by atoms with Gasteiger partial charge in [0.25, 0.3) is 5.91 Å². The van der Waals surface area contributed by atoms with Gasteiger partial charge in [0.2, 0.25) is 0 Å². The molecule has 71 heavy (non-hydrogen) atoms. The summed E-state index contributed by atoms with van der Waals surface area (Å²) < 4.78 is 67.1. The van der Waals surface area contributed by atoms with Crippen molar-refractivity contribution in [1.82, 2.24) is 10.2 Å². The highest BCUT2D eigenvalue weighted by Gasteiger charge is 2.27. The van der Waals surface area contributed by atoms with Crippen molar-refractivity contribution in [2.45, 2.75) is 50.8 Å². The molecule has 1 amide bonds. The smallest absolute Gasteiger partial charge is 0.336 e. The van der Waals surface area contributed by atoms with E-state index in [9.17, 15) is 27.9 Å². The molecule has 7 rings (SSSR count). The molecule has 1 saturated heterocycles. The first-order valence-electron chi connectivity index (χ1n) is 23.9. The van der Waals surface area contributed by atoms with E-state index in [4.69, 9.17) is 37.9 Å². The van der Waals surface area contributed by atoms with Crippen molar-refractivity contribution in [2.75, 3.05) is 91.6 Å². The molecule has 0 aliphatic carbocycles. The minimum Gasteiger partial charge on any atom is -0.491 e. The number of ether oxygens (including phenoxy) is 6. The monoisotopic (exact) mass is 994 g/mol. The van der Waals surface area contributed by atoms with Gasteiger partial charge in [-0.15, -0.1) is 0 Å². The maximum absolute atomic E-state index is 13.1. The maximum Gasteiger partial charge on any atom is 0.336 e. The Morgan fingerprint density at radius 2 is 1.34 bits per heavy atom. The summed E-state index contributed by atoms with van der Waals surface area (Å²) in [6.45, 7) is 10.5. The molecule has 3 N–H and O–H groups in total. The first kappa shape index (κ1) is 52.5. The van der Waals surface area contributed by atoms with Crippen molar-refractivity contribution >= 4 is 49.4 Å². The molecule has 0 unspecified atom stereocenters. The van der Waals surface area contributed by atoms with E-state index in [0.717, 1.165) is 57.2 Å². The Hall–Kier alpha value is -6.34. The lowest BCUT2D eigenvalue weighted by atomic mass is 9.88. The van der Waals surface area contributed by atoms with Gasteiger partial charge >= 0.3 is 11.9 Å². The van der Waals surface area contributed by atoms with Crippen LogP contribution in [0.1, 0.15) is 68.7 Å².